The van der Waals surface area contributed by atoms with E-state index in [1.165, 1.54) is 0 Å². The maximum Gasteiger partial charge on any atom is 0.196 e. The highest BCUT2D eigenvalue weighted by molar-refractivity contribution is 9.10. The van der Waals surface area contributed by atoms with Gasteiger partial charge >= 0.3 is 0 Å². The molecule has 0 unspecified atom stereocenters. The summed E-state index contributed by atoms with van der Waals surface area (Å²) in [5.41, 5.74) is 2.14. The van der Waals surface area contributed by atoms with Gasteiger partial charge in [0.2, 0.25) is 0 Å². The third kappa shape index (κ3) is 2.85. The Morgan fingerprint density at radius 3 is 2.86 bits per heavy atom. The summed E-state index contributed by atoms with van der Waals surface area (Å²) in [7, 11) is 1.58. The number of fused-ring (bicyclic) bond motifs is 1. The predicted molar refractivity (Wildman–Crippen MR) is 84.9 cm³/mol. The van der Waals surface area contributed by atoms with E-state index >= 15 is 0 Å². The lowest BCUT2D eigenvalue weighted by Gasteiger charge is -2.19. The molecule has 0 N–H and O–H groups in total. The second kappa shape index (κ2) is 5.74. The van der Waals surface area contributed by atoms with Crippen molar-refractivity contribution in [1.29, 1.82) is 0 Å². The fourth-order valence-electron chi connectivity index (χ4n) is 2.24. The summed E-state index contributed by atoms with van der Waals surface area (Å²) >= 11 is 3.42. The molecule has 2 aromatic rings. The number of ether oxygens (including phenoxy) is 2. The van der Waals surface area contributed by atoms with Crippen LogP contribution in [0.1, 0.15) is 15.9 Å². The first-order valence-corrected chi connectivity index (χ1v) is 7.28. The van der Waals surface area contributed by atoms with Gasteiger partial charge in [-0.25, -0.2) is 0 Å². The van der Waals surface area contributed by atoms with E-state index in [2.05, 4.69) is 15.9 Å². The molecular formula is C17H13BrO3. The summed E-state index contributed by atoms with van der Waals surface area (Å²) < 4.78 is 11.8. The Bertz CT molecular complexity index is 735. The van der Waals surface area contributed by atoms with E-state index in [4.69, 9.17) is 9.47 Å². The van der Waals surface area contributed by atoms with Crippen molar-refractivity contribution >= 4 is 27.8 Å². The Balaban J connectivity index is 1.98. The minimum absolute atomic E-state index is 0.0184. The van der Waals surface area contributed by atoms with Crippen molar-refractivity contribution < 1.29 is 14.3 Å². The minimum Gasteiger partial charge on any atom is -0.497 e. The summed E-state index contributed by atoms with van der Waals surface area (Å²) in [6, 6.07) is 13.1. The van der Waals surface area contributed by atoms with Crippen molar-refractivity contribution in [3.05, 3.63) is 63.6 Å². The number of hydrogen-bond donors (Lipinski definition) is 0. The number of methoxy groups -OCH3 is 1. The molecule has 0 radical (unpaired) electrons. The van der Waals surface area contributed by atoms with Crippen LogP contribution >= 0.6 is 15.9 Å². The second-order valence-corrected chi connectivity index (χ2v) is 5.62. The Labute approximate surface area is 131 Å². The number of hydrogen-bond acceptors (Lipinski definition) is 3. The highest BCUT2D eigenvalue weighted by Crippen LogP contribution is 2.31. The van der Waals surface area contributed by atoms with E-state index < -0.39 is 0 Å². The fraction of sp³-hybridized carbons (Fsp3) is 0.118. The molecule has 0 spiro atoms. The molecule has 21 heavy (non-hydrogen) atoms. The molecule has 0 bridgehead atoms. The Morgan fingerprint density at radius 1 is 1.24 bits per heavy atom. The molecule has 0 amide bonds. The van der Waals surface area contributed by atoms with E-state index in [0.29, 0.717) is 22.6 Å². The lowest BCUT2D eigenvalue weighted by atomic mass is 9.98. The van der Waals surface area contributed by atoms with E-state index in [1.54, 1.807) is 25.3 Å². The predicted octanol–water partition coefficient (Wildman–Crippen LogP) is 4.12. The van der Waals surface area contributed by atoms with Crippen LogP contribution in [0.2, 0.25) is 0 Å². The van der Waals surface area contributed by atoms with Crippen molar-refractivity contribution in [2.75, 3.05) is 13.7 Å². The molecule has 0 atom stereocenters. The molecule has 0 saturated heterocycles. The van der Waals surface area contributed by atoms with Gasteiger partial charge < -0.3 is 9.47 Å². The molecule has 3 nitrogen and oxygen atoms in total. The molecule has 0 saturated carbocycles. The summed E-state index contributed by atoms with van der Waals surface area (Å²) in [6.07, 6.45) is 1.86. The van der Waals surface area contributed by atoms with Gasteiger partial charge in [0.25, 0.3) is 0 Å². The van der Waals surface area contributed by atoms with Crippen molar-refractivity contribution in [3.8, 4) is 11.5 Å². The number of carbonyl (C=O) groups excluding carboxylic acids is 1. The highest BCUT2D eigenvalue weighted by Gasteiger charge is 2.23. The molecule has 1 aliphatic heterocycles. The normalized spacial score (nSPS) is 15.5. The number of rotatable bonds is 2. The first kappa shape index (κ1) is 13.9. The molecule has 3 rings (SSSR count). The Kier molecular flexibility index (Phi) is 3.80. The molecule has 2 aromatic carbocycles. The lowest BCUT2D eigenvalue weighted by Crippen LogP contribution is -2.19. The number of carbonyl (C=O) groups is 1. The standard InChI is InChI=1S/C17H13BrO3/c1-20-14-5-6-16-15(9-14)17(19)12(10-21-16)7-11-3-2-4-13(18)8-11/h2-9H,10H2,1H3/b12-7+. The second-order valence-electron chi connectivity index (χ2n) is 4.70. The van der Waals surface area contributed by atoms with Crippen molar-refractivity contribution in [2.45, 2.75) is 0 Å². The average Bonchev–Trinajstić information content (AvgIpc) is 2.50. The van der Waals surface area contributed by atoms with Gasteiger partial charge in [0, 0.05) is 10.0 Å². The highest BCUT2D eigenvalue weighted by atomic mass is 79.9. The fourth-order valence-corrected chi connectivity index (χ4v) is 2.66. The van der Waals surface area contributed by atoms with Gasteiger partial charge in [0.1, 0.15) is 18.1 Å². The molecule has 1 aliphatic rings. The van der Waals surface area contributed by atoms with Crippen LogP contribution in [0.15, 0.2) is 52.5 Å². The van der Waals surface area contributed by atoms with Crippen LogP contribution in [0.5, 0.6) is 11.5 Å². The number of ketones is 1. The van der Waals surface area contributed by atoms with E-state index in [9.17, 15) is 4.79 Å². The van der Waals surface area contributed by atoms with Crippen LogP contribution in [0, 0.1) is 0 Å². The molecule has 1 heterocycles. The van der Waals surface area contributed by atoms with E-state index in [-0.39, 0.29) is 12.4 Å². The first-order chi connectivity index (χ1) is 10.2. The number of Topliss-reactive ketones (excluding diaryl/α,β-unsaturated/α-hetero) is 1. The van der Waals surface area contributed by atoms with Crippen LogP contribution in [0.25, 0.3) is 6.08 Å². The van der Waals surface area contributed by atoms with Gasteiger partial charge in [-0.3, -0.25) is 4.79 Å². The Morgan fingerprint density at radius 2 is 2.10 bits per heavy atom. The van der Waals surface area contributed by atoms with Crippen LogP contribution in [0.4, 0.5) is 0 Å². The van der Waals surface area contributed by atoms with Crippen LogP contribution in [-0.4, -0.2) is 19.5 Å². The van der Waals surface area contributed by atoms with Gasteiger partial charge in [-0.2, -0.15) is 0 Å². The SMILES string of the molecule is COc1ccc2c(c1)C(=O)/C(=C/c1cccc(Br)c1)CO2. The van der Waals surface area contributed by atoms with Gasteiger partial charge in [-0.1, -0.05) is 28.1 Å². The van der Waals surface area contributed by atoms with Crippen molar-refractivity contribution in [3.63, 3.8) is 0 Å². The van der Waals surface area contributed by atoms with E-state index in [1.807, 2.05) is 30.3 Å². The minimum atomic E-state index is -0.0184. The van der Waals surface area contributed by atoms with Gasteiger partial charge in [-0.05, 0) is 42.0 Å². The number of benzene rings is 2. The number of halogens is 1. The third-order valence-electron chi connectivity index (χ3n) is 3.30. The van der Waals surface area contributed by atoms with Gasteiger partial charge in [-0.15, -0.1) is 0 Å². The maximum atomic E-state index is 12.6. The third-order valence-corrected chi connectivity index (χ3v) is 3.79. The summed E-state index contributed by atoms with van der Waals surface area (Å²) in [5.74, 6) is 1.23. The lowest BCUT2D eigenvalue weighted by molar-refractivity contribution is 0.100. The quantitative estimate of drug-likeness (QED) is 0.769. The molecular weight excluding hydrogens is 332 g/mol. The van der Waals surface area contributed by atoms with Crippen molar-refractivity contribution in [1.82, 2.24) is 0 Å². The molecule has 0 aromatic heterocycles. The van der Waals surface area contributed by atoms with Gasteiger partial charge in [0.15, 0.2) is 5.78 Å². The summed E-state index contributed by atoms with van der Waals surface area (Å²) in [6.45, 7) is 0.282. The van der Waals surface area contributed by atoms with Crippen LogP contribution in [-0.2, 0) is 0 Å². The topological polar surface area (TPSA) is 35.5 Å². The zero-order chi connectivity index (χ0) is 14.8. The molecule has 0 fully saturated rings. The van der Waals surface area contributed by atoms with Crippen LogP contribution in [0.3, 0.4) is 0 Å². The Hall–Kier alpha value is -2.07. The zero-order valence-electron chi connectivity index (χ0n) is 11.4. The maximum absolute atomic E-state index is 12.6. The summed E-state index contributed by atoms with van der Waals surface area (Å²) in [5, 5.41) is 0. The first-order valence-electron chi connectivity index (χ1n) is 6.49. The molecule has 106 valence electrons. The zero-order valence-corrected chi connectivity index (χ0v) is 13.0. The molecule has 0 aliphatic carbocycles. The van der Waals surface area contributed by atoms with Crippen LogP contribution < -0.4 is 9.47 Å². The molecule has 4 heteroatoms. The van der Waals surface area contributed by atoms with Crippen molar-refractivity contribution in [2.24, 2.45) is 0 Å². The summed E-state index contributed by atoms with van der Waals surface area (Å²) in [4.78, 5) is 12.6. The van der Waals surface area contributed by atoms with E-state index in [0.717, 1.165) is 10.0 Å². The average molecular weight is 345 g/mol. The monoisotopic (exact) mass is 344 g/mol. The largest absolute Gasteiger partial charge is 0.497 e. The smallest absolute Gasteiger partial charge is 0.196 e. The van der Waals surface area contributed by atoms with Gasteiger partial charge in [0.05, 0.1) is 12.7 Å².